The number of amides is 1. The minimum atomic E-state index is -4.92. The molecule has 0 aromatic heterocycles. The van der Waals surface area contributed by atoms with Crippen LogP contribution in [-0.2, 0) is 19.6 Å². The zero-order valence-electron chi connectivity index (χ0n) is 15.8. The largest absolute Gasteiger partial charge is 0.573 e. The lowest BCUT2D eigenvalue weighted by Gasteiger charge is -2.35. The molecule has 1 aromatic carbocycles. The third-order valence-electron chi connectivity index (χ3n) is 4.69. The topological polar surface area (TPSA) is 125 Å². The lowest BCUT2D eigenvalue weighted by Crippen LogP contribution is -2.50. The van der Waals surface area contributed by atoms with Crippen molar-refractivity contribution in [1.82, 2.24) is 9.62 Å². The third kappa shape index (κ3) is 5.89. The maximum absolute atomic E-state index is 12.9. The Morgan fingerprint density at radius 1 is 1.32 bits per heavy atom. The number of aliphatic imine (C=N–C) groups is 1. The lowest BCUT2D eigenvalue weighted by atomic mass is 9.92. The Hall–Kier alpha value is -2.32. The fourth-order valence-corrected chi connectivity index (χ4v) is 5.57. The van der Waals surface area contributed by atoms with E-state index < -0.39 is 34.1 Å². The van der Waals surface area contributed by atoms with Gasteiger partial charge in [-0.25, -0.2) is 8.42 Å². The van der Waals surface area contributed by atoms with E-state index in [0.717, 1.165) is 28.6 Å². The summed E-state index contributed by atoms with van der Waals surface area (Å²) in [6.07, 6.45) is -4.56. The van der Waals surface area contributed by atoms with Gasteiger partial charge in [0.15, 0.2) is 5.17 Å². The van der Waals surface area contributed by atoms with Gasteiger partial charge in [-0.3, -0.25) is 14.6 Å². The molecule has 2 heterocycles. The second-order valence-corrected chi connectivity index (χ2v) is 9.72. The Bertz CT molecular complexity index is 982. The van der Waals surface area contributed by atoms with Gasteiger partial charge in [0.25, 0.3) is 0 Å². The first-order valence-corrected chi connectivity index (χ1v) is 11.5. The molecule has 0 unspecified atom stereocenters. The molecule has 1 amide bonds. The number of alkyl halides is 3. The van der Waals surface area contributed by atoms with E-state index in [1.165, 1.54) is 11.8 Å². The molecule has 0 saturated carbocycles. The van der Waals surface area contributed by atoms with Crippen molar-refractivity contribution < 1.29 is 41.0 Å². The van der Waals surface area contributed by atoms with Crippen LogP contribution in [0.3, 0.4) is 0 Å². The molecule has 9 nitrogen and oxygen atoms in total. The van der Waals surface area contributed by atoms with E-state index in [9.17, 15) is 36.3 Å². The molecule has 2 aliphatic rings. The van der Waals surface area contributed by atoms with Gasteiger partial charge in [-0.15, -0.1) is 13.2 Å². The van der Waals surface area contributed by atoms with Gasteiger partial charge in [-0.1, -0.05) is 11.8 Å². The SMILES string of the molecule is O=C1CSC(=NC[C@@H]2CCN(S(=O)(=O)c3ccc(OC(F)(F)F)cc3)[C@@H](C(=O)O)C2)N1. The molecule has 2 fully saturated rings. The van der Waals surface area contributed by atoms with Crippen LogP contribution in [0.15, 0.2) is 34.2 Å². The number of rotatable bonds is 6. The summed E-state index contributed by atoms with van der Waals surface area (Å²) < 4.78 is 67.3. The van der Waals surface area contributed by atoms with Crippen molar-refractivity contribution in [2.45, 2.75) is 30.1 Å². The number of halogens is 3. The van der Waals surface area contributed by atoms with Gasteiger partial charge in [0.2, 0.25) is 15.9 Å². The van der Waals surface area contributed by atoms with Gasteiger partial charge in [0, 0.05) is 13.1 Å². The summed E-state index contributed by atoms with van der Waals surface area (Å²) in [4.78, 5) is 26.9. The van der Waals surface area contributed by atoms with Crippen LogP contribution in [-0.4, -0.2) is 66.1 Å². The minimum Gasteiger partial charge on any atom is -0.480 e. The van der Waals surface area contributed by atoms with E-state index in [4.69, 9.17) is 0 Å². The number of hydrogen-bond donors (Lipinski definition) is 2. The van der Waals surface area contributed by atoms with Gasteiger partial charge in [0.05, 0.1) is 10.6 Å². The van der Waals surface area contributed by atoms with Crippen LogP contribution in [0.2, 0.25) is 0 Å². The number of carbonyl (C=O) groups is 2. The van der Waals surface area contributed by atoms with E-state index in [1.807, 2.05) is 0 Å². The van der Waals surface area contributed by atoms with E-state index in [1.54, 1.807) is 0 Å². The predicted molar refractivity (Wildman–Crippen MR) is 104 cm³/mol. The summed E-state index contributed by atoms with van der Waals surface area (Å²) in [6, 6.07) is 2.24. The fraction of sp³-hybridized carbons (Fsp3) is 0.471. The molecule has 0 spiro atoms. The van der Waals surface area contributed by atoms with Crippen LogP contribution in [0, 0.1) is 5.92 Å². The van der Waals surface area contributed by atoms with Crippen molar-refractivity contribution in [3.8, 4) is 5.75 Å². The maximum Gasteiger partial charge on any atom is 0.573 e. The molecule has 3 rings (SSSR count). The minimum absolute atomic E-state index is 0.0131. The summed E-state index contributed by atoms with van der Waals surface area (Å²) in [5.74, 6) is -2.03. The van der Waals surface area contributed by atoms with Crippen molar-refractivity contribution in [3.63, 3.8) is 0 Å². The standard InChI is InChI=1S/C17H18F3N3O6S2/c18-17(19,20)29-11-1-3-12(4-2-11)31(27,28)23-6-5-10(7-13(23)15(25)26)8-21-16-22-14(24)9-30-16/h1-4,10,13H,5-9H2,(H,25,26)(H,21,22,24)/t10-,13-/m1/s1. The lowest BCUT2D eigenvalue weighted by molar-refractivity contribution is -0.274. The van der Waals surface area contributed by atoms with Crippen molar-refractivity contribution in [3.05, 3.63) is 24.3 Å². The molecule has 170 valence electrons. The number of sulfonamides is 1. The molecule has 31 heavy (non-hydrogen) atoms. The van der Waals surface area contributed by atoms with Crippen LogP contribution in [0.25, 0.3) is 0 Å². The van der Waals surface area contributed by atoms with Crippen molar-refractivity contribution in [2.75, 3.05) is 18.8 Å². The van der Waals surface area contributed by atoms with E-state index in [0.29, 0.717) is 11.6 Å². The van der Waals surface area contributed by atoms with Crippen LogP contribution in [0.5, 0.6) is 5.75 Å². The average Bonchev–Trinajstić information content (AvgIpc) is 3.10. The van der Waals surface area contributed by atoms with E-state index in [2.05, 4.69) is 15.0 Å². The number of piperidine rings is 1. The smallest absolute Gasteiger partial charge is 0.480 e. The molecule has 2 saturated heterocycles. The monoisotopic (exact) mass is 481 g/mol. The molecule has 2 N–H and O–H groups in total. The summed E-state index contributed by atoms with van der Waals surface area (Å²) in [7, 11) is -4.26. The highest BCUT2D eigenvalue weighted by Gasteiger charge is 2.41. The Kier molecular flexibility index (Phi) is 6.81. The second kappa shape index (κ2) is 9.04. The highest BCUT2D eigenvalue weighted by Crippen LogP contribution is 2.31. The number of carboxylic acid groups (broad SMARTS) is 1. The molecule has 0 bridgehead atoms. The van der Waals surface area contributed by atoms with Gasteiger partial charge in [-0.2, -0.15) is 4.31 Å². The number of nitrogens with one attached hydrogen (secondary N) is 1. The zero-order valence-corrected chi connectivity index (χ0v) is 17.5. The first-order chi connectivity index (χ1) is 14.5. The van der Waals surface area contributed by atoms with Crippen LogP contribution in [0.1, 0.15) is 12.8 Å². The number of hydrogen-bond acceptors (Lipinski definition) is 7. The molecule has 2 atom stereocenters. The van der Waals surface area contributed by atoms with Crippen molar-refractivity contribution >= 4 is 38.8 Å². The number of amidine groups is 1. The van der Waals surface area contributed by atoms with Crippen LogP contribution in [0.4, 0.5) is 13.2 Å². The highest BCUT2D eigenvalue weighted by molar-refractivity contribution is 8.15. The number of ether oxygens (including phenoxy) is 1. The molecule has 0 radical (unpaired) electrons. The number of aliphatic carboxylic acids is 1. The fourth-order valence-electron chi connectivity index (χ4n) is 3.27. The molecule has 14 heteroatoms. The van der Waals surface area contributed by atoms with Crippen molar-refractivity contribution in [1.29, 1.82) is 0 Å². The van der Waals surface area contributed by atoms with Gasteiger partial charge in [0.1, 0.15) is 11.8 Å². The number of carbonyl (C=O) groups excluding carboxylic acids is 1. The zero-order chi connectivity index (χ0) is 22.8. The molecule has 2 aliphatic heterocycles. The van der Waals surface area contributed by atoms with Gasteiger partial charge in [-0.05, 0) is 43.0 Å². The Morgan fingerprint density at radius 2 is 2.00 bits per heavy atom. The van der Waals surface area contributed by atoms with Crippen LogP contribution < -0.4 is 10.1 Å². The Labute approximate surface area is 179 Å². The quantitative estimate of drug-likeness (QED) is 0.633. The highest BCUT2D eigenvalue weighted by atomic mass is 32.2. The van der Waals surface area contributed by atoms with E-state index >= 15 is 0 Å². The maximum atomic E-state index is 12.9. The first kappa shape index (κ1) is 23.3. The molecule has 1 aromatic rings. The molecular weight excluding hydrogens is 463 g/mol. The molecule has 0 aliphatic carbocycles. The number of carboxylic acids is 1. The number of thioether (sulfide) groups is 1. The Balaban J connectivity index is 1.72. The van der Waals surface area contributed by atoms with Gasteiger partial charge >= 0.3 is 12.3 Å². The summed E-state index contributed by atoms with van der Waals surface area (Å²) in [5, 5.41) is 12.6. The van der Waals surface area contributed by atoms with Gasteiger partial charge < -0.3 is 15.2 Å². The molecular formula is C17H18F3N3O6S2. The van der Waals surface area contributed by atoms with Crippen LogP contribution >= 0.6 is 11.8 Å². The number of benzene rings is 1. The second-order valence-electron chi connectivity index (χ2n) is 6.86. The van der Waals surface area contributed by atoms with E-state index in [-0.39, 0.29) is 42.0 Å². The Morgan fingerprint density at radius 3 is 2.55 bits per heavy atom. The average molecular weight is 481 g/mol. The third-order valence-corrected chi connectivity index (χ3v) is 7.52. The summed E-state index contributed by atoms with van der Waals surface area (Å²) >= 11 is 1.24. The summed E-state index contributed by atoms with van der Waals surface area (Å²) in [5.41, 5.74) is 0. The predicted octanol–water partition coefficient (Wildman–Crippen LogP) is 1.66. The number of nitrogens with zero attached hydrogens (tertiary/aromatic N) is 2. The van der Waals surface area contributed by atoms with Crippen molar-refractivity contribution in [2.24, 2.45) is 10.9 Å². The first-order valence-electron chi connectivity index (χ1n) is 9.03. The normalized spacial score (nSPS) is 24.2. The summed E-state index contributed by atoms with van der Waals surface area (Å²) in [6.45, 7) is 0.152.